The van der Waals surface area contributed by atoms with Gasteiger partial charge in [0.1, 0.15) is 0 Å². The molecule has 2 amide bonds. The van der Waals surface area contributed by atoms with Crippen molar-refractivity contribution in [1.29, 1.82) is 0 Å². The average Bonchev–Trinajstić information content (AvgIpc) is 2.52. The minimum atomic E-state index is -3.67. The molecule has 1 aromatic rings. The van der Waals surface area contributed by atoms with E-state index in [1.165, 1.54) is 13.0 Å². The third-order valence-electron chi connectivity index (χ3n) is 3.63. The lowest BCUT2D eigenvalue weighted by molar-refractivity contribution is -0.137. The molecular weight excluding hydrogens is 346 g/mol. The molecule has 1 aliphatic rings. The molecule has 8 nitrogen and oxygen atoms in total. The van der Waals surface area contributed by atoms with E-state index < -0.39 is 10.0 Å². The summed E-state index contributed by atoms with van der Waals surface area (Å²) in [6, 6.07) is 6.38. The van der Waals surface area contributed by atoms with Gasteiger partial charge in [0, 0.05) is 32.1 Å². The fourth-order valence-electron chi connectivity index (χ4n) is 2.52. The highest BCUT2D eigenvalue weighted by Gasteiger charge is 2.23. The van der Waals surface area contributed by atoms with Crippen LogP contribution in [-0.4, -0.2) is 56.7 Å². The van der Waals surface area contributed by atoms with Crippen molar-refractivity contribution >= 4 is 33.2 Å². The van der Waals surface area contributed by atoms with Crippen LogP contribution >= 0.6 is 0 Å². The molecule has 9 heteroatoms. The molecule has 1 atom stereocenters. The Bertz CT molecular complexity index is 735. The maximum atomic E-state index is 12.2. The van der Waals surface area contributed by atoms with E-state index in [0.717, 1.165) is 0 Å². The van der Waals surface area contributed by atoms with Gasteiger partial charge in [0.25, 0.3) is 0 Å². The van der Waals surface area contributed by atoms with Gasteiger partial charge < -0.3 is 15.0 Å². The first-order valence-electron chi connectivity index (χ1n) is 8.03. The normalized spacial score (nSPS) is 17.8. The molecule has 2 rings (SSSR count). The monoisotopic (exact) mass is 369 g/mol. The van der Waals surface area contributed by atoms with Crippen molar-refractivity contribution in [2.45, 2.75) is 26.4 Å². The van der Waals surface area contributed by atoms with Crippen LogP contribution in [0.5, 0.6) is 0 Å². The van der Waals surface area contributed by atoms with Gasteiger partial charge in [0.05, 0.1) is 24.2 Å². The van der Waals surface area contributed by atoms with Crippen LogP contribution in [0, 0.1) is 0 Å². The van der Waals surface area contributed by atoms with E-state index in [-0.39, 0.29) is 30.1 Å². The Balaban J connectivity index is 1.91. The number of benzene rings is 1. The van der Waals surface area contributed by atoms with E-state index in [9.17, 15) is 18.0 Å². The van der Waals surface area contributed by atoms with Crippen molar-refractivity contribution in [2.24, 2.45) is 0 Å². The SMILES string of the molecule is CC(=O)Nc1cccc(NS(=O)(=O)CCC(=O)N2CCOC(C)C2)c1. The molecule has 0 saturated carbocycles. The average molecular weight is 369 g/mol. The quantitative estimate of drug-likeness (QED) is 0.779. The van der Waals surface area contributed by atoms with Crippen molar-refractivity contribution in [2.75, 3.05) is 35.5 Å². The Morgan fingerprint density at radius 3 is 2.72 bits per heavy atom. The van der Waals surface area contributed by atoms with Crippen LogP contribution in [0.4, 0.5) is 11.4 Å². The molecule has 1 heterocycles. The maximum Gasteiger partial charge on any atom is 0.233 e. The molecule has 2 N–H and O–H groups in total. The van der Waals surface area contributed by atoms with Crippen LogP contribution in [0.2, 0.25) is 0 Å². The summed E-state index contributed by atoms with van der Waals surface area (Å²) in [4.78, 5) is 24.8. The smallest absolute Gasteiger partial charge is 0.233 e. The minimum Gasteiger partial charge on any atom is -0.375 e. The summed E-state index contributed by atoms with van der Waals surface area (Å²) in [7, 11) is -3.67. The van der Waals surface area contributed by atoms with E-state index in [2.05, 4.69) is 10.0 Å². The number of morpholine rings is 1. The van der Waals surface area contributed by atoms with Crippen molar-refractivity contribution in [3.63, 3.8) is 0 Å². The molecular formula is C16H23N3O5S. The van der Waals surface area contributed by atoms with Crippen molar-refractivity contribution in [1.82, 2.24) is 4.90 Å². The predicted molar refractivity (Wildman–Crippen MR) is 94.8 cm³/mol. The number of sulfonamides is 1. The van der Waals surface area contributed by atoms with E-state index in [1.54, 1.807) is 23.1 Å². The third kappa shape index (κ3) is 6.35. The van der Waals surface area contributed by atoms with Gasteiger partial charge in [-0.05, 0) is 25.1 Å². The van der Waals surface area contributed by atoms with Crippen LogP contribution in [-0.2, 0) is 24.3 Å². The van der Waals surface area contributed by atoms with Crippen LogP contribution in [0.1, 0.15) is 20.3 Å². The van der Waals surface area contributed by atoms with E-state index in [1.807, 2.05) is 6.92 Å². The summed E-state index contributed by atoms with van der Waals surface area (Å²) in [5.41, 5.74) is 0.824. The predicted octanol–water partition coefficient (Wildman–Crippen LogP) is 1.02. The van der Waals surface area contributed by atoms with Crippen LogP contribution < -0.4 is 10.0 Å². The first-order chi connectivity index (χ1) is 11.7. The molecule has 0 bridgehead atoms. The largest absolute Gasteiger partial charge is 0.375 e. The van der Waals surface area contributed by atoms with Crippen molar-refractivity contribution in [3.8, 4) is 0 Å². The van der Waals surface area contributed by atoms with Crippen LogP contribution in [0.15, 0.2) is 24.3 Å². The number of nitrogens with one attached hydrogen (secondary N) is 2. The molecule has 1 aromatic carbocycles. The molecule has 1 unspecified atom stereocenters. The van der Waals surface area contributed by atoms with Gasteiger partial charge in [-0.15, -0.1) is 0 Å². The van der Waals surface area contributed by atoms with Gasteiger partial charge in [-0.1, -0.05) is 6.07 Å². The third-order valence-corrected chi connectivity index (χ3v) is 4.92. The lowest BCUT2D eigenvalue weighted by atomic mass is 10.3. The number of ether oxygens (including phenoxy) is 1. The molecule has 1 aliphatic heterocycles. The molecule has 0 aliphatic carbocycles. The zero-order valence-electron chi connectivity index (χ0n) is 14.3. The number of hydrogen-bond donors (Lipinski definition) is 2. The Morgan fingerprint density at radius 1 is 1.32 bits per heavy atom. The highest BCUT2D eigenvalue weighted by molar-refractivity contribution is 7.92. The van der Waals surface area contributed by atoms with Gasteiger partial charge in [0.15, 0.2) is 0 Å². The summed E-state index contributed by atoms with van der Waals surface area (Å²) in [6.45, 7) is 4.67. The number of anilines is 2. The van der Waals surface area contributed by atoms with Gasteiger partial charge in [0.2, 0.25) is 21.8 Å². The van der Waals surface area contributed by atoms with E-state index in [4.69, 9.17) is 4.74 Å². The number of carbonyl (C=O) groups is 2. The second kappa shape index (κ2) is 8.30. The first kappa shape index (κ1) is 19.2. The van der Waals surface area contributed by atoms with Gasteiger partial charge >= 0.3 is 0 Å². The zero-order valence-corrected chi connectivity index (χ0v) is 15.1. The maximum absolute atomic E-state index is 12.2. The summed E-state index contributed by atoms with van der Waals surface area (Å²) in [6.07, 6.45) is -0.128. The molecule has 25 heavy (non-hydrogen) atoms. The Hall–Kier alpha value is -2.13. The van der Waals surface area contributed by atoms with E-state index in [0.29, 0.717) is 31.1 Å². The lowest BCUT2D eigenvalue weighted by Gasteiger charge is -2.31. The fraction of sp³-hybridized carbons (Fsp3) is 0.500. The molecule has 0 radical (unpaired) electrons. The number of carbonyl (C=O) groups excluding carboxylic acids is 2. The second-order valence-electron chi connectivity index (χ2n) is 5.95. The summed E-state index contributed by atoms with van der Waals surface area (Å²) in [5.74, 6) is -0.750. The number of hydrogen-bond acceptors (Lipinski definition) is 5. The number of nitrogens with zero attached hydrogens (tertiary/aromatic N) is 1. The molecule has 138 valence electrons. The van der Waals surface area contributed by atoms with Crippen LogP contribution in [0.25, 0.3) is 0 Å². The number of rotatable bonds is 6. The Kier molecular flexibility index (Phi) is 6.38. The highest BCUT2D eigenvalue weighted by Crippen LogP contribution is 2.17. The Morgan fingerprint density at radius 2 is 2.04 bits per heavy atom. The van der Waals surface area contributed by atoms with Crippen molar-refractivity contribution in [3.05, 3.63) is 24.3 Å². The van der Waals surface area contributed by atoms with E-state index >= 15 is 0 Å². The lowest BCUT2D eigenvalue weighted by Crippen LogP contribution is -2.45. The van der Waals surface area contributed by atoms with Crippen molar-refractivity contribution < 1.29 is 22.7 Å². The molecule has 0 spiro atoms. The van der Waals surface area contributed by atoms with Gasteiger partial charge in [-0.3, -0.25) is 14.3 Å². The standard InChI is InChI=1S/C16H23N3O5S/c1-12-11-19(7-8-24-12)16(21)6-9-25(22,23)18-15-5-3-4-14(10-15)17-13(2)20/h3-5,10,12,18H,6-9,11H2,1-2H3,(H,17,20). The summed E-state index contributed by atoms with van der Waals surface area (Å²) in [5, 5.41) is 2.58. The number of amides is 2. The zero-order chi connectivity index (χ0) is 18.4. The summed E-state index contributed by atoms with van der Waals surface area (Å²) < 4.78 is 32.2. The second-order valence-corrected chi connectivity index (χ2v) is 7.80. The first-order valence-corrected chi connectivity index (χ1v) is 9.68. The fourth-order valence-corrected chi connectivity index (χ4v) is 3.55. The minimum absolute atomic E-state index is 0.0380. The summed E-state index contributed by atoms with van der Waals surface area (Å²) >= 11 is 0. The molecule has 0 aromatic heterocycles. The molecule has 1 saturated heterocycles. The van der Waals surface area contributed by atoms with Gasteiger partial charge in [-0.2, -0.15) is 0 Å². The highest BCUT2D eigenvalue weighted by atomic mass is 32.2. The topological polar surface area (TPSA) is 105 Å². The van der Waals surface area contributed by atoms with Crippen LogP contribution in [0.3, 0.4) is 0 Å². The Labute approximate surface area is 147 Å². The van der Waals surface area contributed by atoms with Gasteiger partial charge in [-0.25, -0.2) is 8.42 Å². The molecule has 1 fully saturated rings.